The third-order valence-corrected chi connectivity index (χ3v) is 6.00. The summed E-state index contributed by atoms with van der Waals surface area (Å²) in [6.07, 6.45) is 5.12. The Labute approximate surface area is 152 Å². The molecule has 0 bridgehead atoms. The van der Waals surface area contributed by atoms with E-state index in [1.54, 1.807) is 6.07 Å². The lowest BCUT2D eigenvalue weighted by atomic mass is 9.91. The van der Waals surface area contributed by atoms with E-state index in [9.17, 15) is 9.18 Å². The van der Waals surface area contributed by atoms with Crippen molar-refractivity contribution in [2.45, 2.75) is 43.9 Å². The van der Waals surface area contributed by atoms with E-state index in [0.717, 1.165) is 23.8 Å². The van der Waals surface area contributed by atoms with E-state index >= 15 is 0 Å². The first-order valence-electron chi connectivity index (χ1n) is 9.62. The van der Waals surface area contributed by atoms with Crippen LogP contribution in [-0.4, -0.2) is 39.1 Å². The predicted octanol–water partition coefficient (Wildman–Crippen LogP) is 3.02. The minimum absolute atomic E-state index is 0.0747. The number of carbonyl (C=O) groups excluding carboxylic acids is 1. The zero-order valence-corrected chi connectivity index (χ0v) is 14.7. The van der Waals surface area contributed by atoms with Crippen LogP contribution in [0.5, 0.6) is 0 Å². The first kappa shape index (κ1) is 16.0. The van der Waals surface area contributed by atoms with Crippen molar-refractivity contribution in [2.24, 2.45) is 11.8 Å². The van der Waals surface area contributed by atoms with Crippen LogP contribution in [0.25, 0.3) is 0 Å². The highest BCUT2D eigenvalue weighted by Gasteiger charge is 2.45. The summed E-state index contributed by atoms with van der Waals surface area (Å²) in [5.41, 5.74) is 0.733. The minimum Gasteiger partial charge on any atom is -0.341 e. The van der Waals surface area contributed by atoms with Crippen LogP contribution in [0.1, 0.15) is 54.7 Å². The number of aromatic amines is 1. The lowest BCUT2D eigenvalue weighted by molar-refractivity contribution is -0.129. The summed E-state index contributed by atoms with van der Waals surface area (Å²) in [6.45, 7) is 1.47. The van der Waals surface area contributed by atoms with Gasteiger partial charge in [0, 0.05) is 24.9 Å². The minimum atomic E-state index is -0.292. The summed E-state index contributed by atoms with van der Waals surface area (Å²) in [6, 6.07) is 6.32. The molecule has 136 valence electrons. The number of nitrogens with one attached hydrogen (secondary N) is 1. The van der Waals surface area contributed by atoms with Crippen molar-refractivity contribution < 1.29 is 9.18 Å². The van der Waals surface area contributed by atoms with Crippen molar-refractivity contribution in [3.63, 3.8) is 0 Å². The molecule has 5 rings (SSSR count). The summed E-state index contributed by atoms with van der Waals surface area (Å²) in [4.78, 5) is 19.5. The first-order valence-corrected chi connectivity index (χ1v) is 9.62. The molecule has 0 radical (unpaired) electrons. The summed E-state index contributed by atoms with van der Waals surface area (Å²) in [5, 5.41) is 7.55. The van der Waals surface area contributed by atoms with Gasteiger partial charge in [-0.3, -0.25) is 9.89 Å². The molecule has 2 heterocycles. The van der Waals surface area contributed by atoms with Gasteiger partial charge in [0.25, 0.3) is 0 Å². The summed E-state index contributed by atoms with van der Waals surface area (Å²) in [7, 11) is 0. The maximum atomic E-state index is 13.4. The highest BCUT2D eigenvalue weighted by Crippen LogP contribution is 2.47. The van der Waals surface area contributed by atoms with Crippen molar-refractivity contribution in [3.8, 4) is 0 Å². The molecule has 0 unspecified atom stereocenters. The second-order valence-corrected chi connectivity index (χ2v) is 8.07. The van der Waals surface area contributed by atoms with E-state index in [4.69, 9.17) is 4.98 Å². The van der Waals surface area contributed by atoms with Crippen LogP contribution in [0.4, 0.5) is 4.39 Å². The Bertz CT molecular complexity index is 827. The fraction of sp³-hybridized carbons (Fsp3) is 0.550. The second-order valence-electron chi connectivity index (χ2n) is 8.07. The molecule has 2 atom stereocenters. The topological polar surface area (TPSA) is 61.9 Å². The number of amides is 1. The first-order chi connectivity index (χ1) is 12.7. The maximum absolute atomic E-state index is 13.4. The second kappa shape index (κ2) is 6.18. The number of halogens is 1. The van der Waals surface area contributed by atoms with Crippen molar-refractivity contribution in [1.82, 2.24) is 20.1 Å². The molecule has 5 nitrogen and oxygen atoms in total. The fourth-order valence-corrected chi connectivity index (χ4v) is 4.24. The third-order valence-electron chi connectivity index (χ3n) is 6.00. The Morgan fingerprint density at radius 3 is 2.81 bits per heavy atom. The molecule has 1 saturated heterocycles. The van der Waals surface area contributed by atoms with Gasteiger partial charge in [-0.15, -0.1) is 0 Å². The van der Waals surface area contributed by atoms with E-state index in [-0.39, 0.29) is 24.1 Å². The maximum Gasteiger partial charge on any atom is 0.227 e. The van der Waals surface area contributed by atoms with E-state index in [2.05, 4.69) is 10.2 Å². The van der Waals surface area contributed by atoms with Crippen molar-refractivity contribution in [3.05, 3.63) is 47.3 Å². The molecule has 6 heteroatoms. The van der Waals surface area contributed by atoms with Gasteiger partial charge in [0.1, 0.15) is 11.6 Å². The molecule has 3 fully saturated rings. The number of hydrogen-bond donors (Lipinski definition) is 1. The number of nitrogens with zero attached hydrogens (tertiary/aromatic N) is 3. The monoisotopic (exact) mass is 354 g/mol. The Kier molecular flexibility index (Phi) is 3.80. The molecule has 1 N–H and O–H groups in total. The Hall–Kier alpha value is -2.24. The van der Waals surface area contributed by atoms with Crippen LogP contribution in [0, 0.1) is 17.7 Å². The number of likely N-dealkylation sites (tertiary alicyclic amines) is 1. The molecule has 26 heavy (non-hydrogen) atoms. The number of hydrogen-bond acceptors (Lipinski definition) is 3. The normalized spacial score (nSPS) is 25.7. The van der Waals surface area contributed by atoms with Gasteiger partial charge in [0.05, 0.1) is 6.42 Å². The molecule has 1 aromatic carbocycles. The fourth-order valence-electron chi connectivity index (χ4n) is 4.24. The summed E-state index contributed by atoms with van der Waals surface area (Å²) < 4.78 is 13.4. The van der Waals surface area contributed by atoms with Crippen LogP contribution in [-0.2, 0) is 11.2 Å². The zero-order valence-electron chi connectivity index (χ0n) is 14.7. The van der Waals surface area contributed by atoms with Gasteiger partial charge >= 0.3 is 0 Å². The van der Waals surface area contributed by atoms with Crippen molar-refractivity contribution in [1.29, 1.82) is 0 Å². The van der Waals surface area contributed by atoms with Gasteiger partial charge in [0.15, 0.2) is 5.82 Å². The largest absolute Gasteiger partial charge is 0.341 e. The molecule has 2 aliphatic carbocycles. The van der Waals surface area contributed by atoms with Gasteiger partial charge in [-0.2, -0.15) is 5.10 Å². The highest BCUT2D eigenvalue weighted by molar-refractivity contribution is 5.79. The van der Waals surface area contributed by atoms with Crippen LogP contribution >= 0.6 is 0 Å². The standard InChI is InChI=1S/C20H23FN4O/c21-15-3-1-2-12(8-15)9-18(26)25-10-16(13-4-5-13)17(11-25)20-22-19(23-24-20)14-6-7-14/h1-3,8,13-14,16-17H,4-7,9-11H2,(H,22,23,24)/t16-,17+/m1/s1. The molecule has 2 saturated carbocycles. The molecule has 3 aliphatic rings. The SMILES string of the molecule is O=C(Cc1cccc(F)c1)N1C[C@H](c2nc(C3CC3)n[nH]2)[C@@H](C2CC2)C1. The number of carbonyl (C=O) groups is 1. The summed E-state index contributed by atoms with van der Waals surface area (Å²) >= 11 is 0. The van der Waals surface area contributed by atoms with Gasteiger partial charge in [-0.05, 0) is 55.2 Å². The molecular formula is C20H23FN4O. The smallest absolute Gasteiger partial charge is 0.227 e. The van der Waals surface area contributed by atoms with E-state index in [0.29, 0.717) is 24.3 Å². The van der Waals surface area contributed by atoms with Gasteiger partial charge < -0.3 is 4.90 Å². The van der Waals surface area contributed by atoms with Crippen molar-refractivity contribution in [2.75, 3.05) is 13.1 Å². The van der Waals surface area contributed by atoms with Gasteiger partial charge in [-0.25, -0.2) is 9.37 Å². The molecule has 1 aliphatic heterocycles. The average Bonchev–Trinajstić information content (AvgIpc) is 3.55. The molecule has 1 amide bonds. The van der Waals surface area contributed by atoms with Crippen LogP contribution < -0.4 is 0 Å². The van der Waals surface area contributed by atoms with E-state index < -0.39 is 0 Å². The number of rotatable bonds is 5. The van der Waals surface area contributed by atoms with Gasteiger partial charge in [-0.1, -0.05) is 12.1 Å². The van der Waals surface area contributed by atoms with E-state index in [1.165, 1.54) is 37.8 Å². The number of H-pyrrole nitrogens is 1. The average molecular weight is 354 g/mol. The van der Waals surface area contributed by atoms with E-state index in [1.807, 2.05) is 11.0 Å². The Morgan fingerprint density at radius 1 is 1.23 bits per heavy atom. The van der Waals surface area contributed by atoms with Crippen molar-refractivity contribution >= 4 is 5.91 Å². The predicted molar refractivity (Wildman–Crippen MR) is 94.0 cm³/mol. The summed E-state index contributed by atoms with van der Waals surface area (Å²) in [5.74, 6) is 3.62. The third kappa shape index (κ3) is 3.13. The Morgan fingerprint density at radius 2 is 2.08 bits per heavy atom. The Balaban J connectivity index is 1.31. The molecular weight excluding hydrogens is 331 g/mol. The molecule has 0 spiro atoms. The van der Waals surface area contributed by atoms with Crippen LogP contribution in [0.2, 0.25) is 0 Å². The van der Waals surface area contributed by atoms with Gasteiger partial charge in [0.2, 0.25) is 5.91 Å². The van der Waals surface area contributed by atoms with Crippen LogP contribution in [0.15, 0.2) is 24.3 Å². The van der Waals surface area contributed by atoms with Crippen LogP contribution in [0.3, 0.4) is 0 Å². The quantitative estimate of drug-likeness (QED) is 0.898. The molecule has 1 aromatic heterocycles. The highest BCUT2D eigenvalue weighted by atomic mass is 19.1. The lowest BCUT2D eigenvalue weighted by Crippen LogP contribution is -2.30. The number of aromatic nitrogens is 3. The number of benzene rings is 1. The molecule has 2 aromatic rings. The zero-order chi connectivity index (χ0) is 17.7. The lowest BCUT2D eigenvalue weighted by Gasteiger charge is -2.16.